The van der Waals surface area contributed by atoms with E-state index in [4.69, 9.17) is 0 Å². The minimum absolute atomic E-state index is 0. The molecule has 82 heteroatoms. The van der Waals surface area contributed by atoms with Crippen molar-refractivity contribution < 1.29 is 660 Å². The molecule has 0 aliphatic carbocycles. The van der Waals surface area contributed by atoms with Crippen LogP contribution in [0.15, 0.2) is 112 Å². The van der Waals surface area contributed by atoms with E-state index in [2.05, 4.69) is 209 Å². The summed E-state index contributed by atoms with van der Waals surface area (Å²) in [5.41, 5.74) is 0. The second kappa shape index (κ2) is 341. The summed E-state index contributed by atoms with van der Waals surface area (Å²) in [6.07, 6.45) is 77.2. The van der Waals surface area contributed by atoms with Gasteiger partial charge in [-0.25, -0.2) is 54.8 Å². The van der Waals surface area contributed by atoms with Gasteiger partial charge in [-0.2, -0.15) is 0 Å². The smallest absolute Gasteiger partial charge is 0.243 e. The topological polar surface area (TPSA) is 1600 Å². The molecule has 0 aliphatic heterocycles. The van der Waals surface area contributed by atoms with Gasteiger partial charge in [0.05, 0.1) is 81.6 Å². The average molecular weight is 3370 g/mol. The second-order valence-electron chi connectivity index (χ2n) is 20.8. The van der Waals surface area contributed by atoms with Crippen LogP contribution < -0.4 is 27.4 Å². The van der Waals surface area contributed by atoms with Crippen LogP contribution in [-0.4, -0.2) is 49.3 Å². The van der Waals surface area contributed by atoms with Gasteiger partial charge in [0.15, 0.2) is 0 Å². The second-order valence-corrected chi connectivity index (χ2v) is 20.8. The summed E-state index contributed by atoms with van der Waals surface area (Å²) in [4.78, 5) is 0. The summed E-state index contributed by atoms with van der Waals surface area (Å²) in [7, 11) is 12.5. The van der Waals surface area contributed by atoms with Crippen molar-refractivity contribution in [3.63, 3.8) is 0 Å². The van der Waals surface area contributed by atoms with Crippen LogP contribution in [0.3, 0.4) is 0 Å². The monoisotopic (exact) mass is 3410 g/mol. The van der Waals surface area contributed by atoms with E-state index in [-0.39, 0.29) is 633 Å². The zero-order valence-electron chi connectivity index (χ0n) is 74.6. The molecule has 0 unspecified atom stereocenters. The predicted molar refractivity (Wildman–Crippen MR) is 328 cm³/mol. The fourth-order valence-corrected chi connectivity index (χ4v) is 9.46. The summed E-state index contributed by atoms with van der Waals surface area (Å²) < 4.78 is 26.3. The molecular formula is C58H110Mo16N12O54-96. The number of aromatic nitrogens is 12. The summed E-state index contributed by atoms with van der Waals surface area (Å²) in [6, 6.07) is 0. The molecule has 6 heterocycles. The van der Waals surface area contributed by atoms with Crippen molar-refractivity contribution in [2.24, 2.45) is 42.3 Å². The molecule has 6 aromatic rings. The number of nitrogens with zero attached hydrogens (tertiary/aromatic N) is 12. The maximum absolute atomic E-state index is 2.29. The van der Waals surface area contributed by atoms with Crippen LogP contribution in [0.4, 0.5) is 0 Å². The summed E-state index contributed by atoms with van der Waals surface area (Å²) in [5.74, 6) is 0. The van der Waals surface area contributed by atoms with Crippen molar-refractivity contribution in [1.29, 1.82) is 0 Å². The van der Waals surface area contributed by atoms with E-state index in [1.165, 1.54) is 193 Å². The van der Waals surface area contributed by atoms with Gasteiger partial charge in [-0.15, -0.1) is 0 Å². The Morgan fingerprint density at radius 1 is 0.121 bits per heavy atom. The largest absolute Gasteiger partial charge is 2.00 e. The van der Waals surface area contributed by atoms with Crippen LogP contribution in [0.5, 0.6) is 0 Å². The van der Waals surface area contributed by atoms with Gasteiger partial charge in [-0.1, -0.05) is 103 Å². The van der Waals surface area contributed by atoms with Crippen LogP contribution in [-0.2, 0) is 692 Å². The Hall–Kier alpha value is 4.11. The Bertz CT molecular complexity index is 2060. The van der Waals surface area contributed by atoms with Crippen molar-refractivity contribution >= 4 is 0 Å². The summed E-state index contributed by atoms with van der Waals surface area (Å²) in [6.45, 7) is 6.99. The van der Waals surface area contributed by atoms with Crippen LogP contribution in [0.1, 0.15) is 180 Å². The first kappa shape index (κ1) is 496. The normalized spacial score (nSPS) is 5.61. The molecule has 140 heavy (non-hydrogen) atoms. The quantitative estimate of drug-likeness (QED) is 0.0320. The third-order valence-corrected chi connectivity index (χ3v) is 13.7. The molecule has 918 valence electrons. The predicted octanol–water partition coefficient (Wildman–Crippen LogP) is 1.86. The van der Waals surface area contributed by atoms with Crippen LogP contribution in [0, 0.1) is 0 Å². The molecule has 66 nitrogen and oxygen atoms in total. The van der Waals surface area contributed by atoms with E-state index in [0.29, 0.717) is 0 Å². The molecule has 6 N–H and O–H groups in total. The molecule has 0 bridgehead atoms. The van der Waals surface area contributed by atoms with Crippen molar-refractivity contribution in [2.75, 3.05) is 0 Å². The van der Waals surface area contributed by atoms with E-state index in [9.17, 15) is 0 Å². The zero-order chi connectivity index (χ0) is 49.7. The maximum Gasteiger partial charge on any atom is 0.243 e. The third-order valence-electron chi connectivity index (χ3n) is 13.7. The molecule has 0 amide bonds. The van der Waals surface area contributed by atoms with E-state index in [1.807, 2.05) is 0 Å². The standard InChI is InChI=1S/C20H36N4.2C19H34N4.16Mo.4H2O.50O/c1-21-15-17-23(19-21)13-11-9-7-5-3-4-6-8-10-12-14-24-18-16-22(2)20-24;2*1-20-14-16-22(18-20)12-10-8-6-4-3-5-7-9-11-13-23-17-15-21(2)19-23;;;;;;;;;;;;;;;;;;;;;;;;;;;;;;;;;;;;;;;;;;;;;;;;;;;;;;;;;;;;;;;;;;;;;;/h15-20H,3-14H2,1-2H3;2*14-19H,3-13H2,1-2H3;;;;;;;;;;;;;;;;;4*1H2;;;;;;;;;;;;;;;;;;;;;;;;;;;;;;;;;;;;;;;;;;;;;;;;;;/q3*+2;;;;;;;;;;;;;;;;;;;;;50*-2/p-2. The third kappa shape index (κ3) is 277. The first-order chi connectivity index (χ1) is 34.2. The van der Waals surface area contributed by atoms with E-state index >= 15 is 0 Å². The molecule has 0 saturated heterocycles. The van der Waals surface area contributed by atoms with Crippen molar-refractivity contribution in [1.82, 2.24) is 27.4 Å². The Morgan fingerprint density at radius 3 is 0.229 bits per heavy atom. The van der Waals surface area contributed by atoms with Crippen molar-refractivity contribution in [2.45, 2.75) is 219 Å². The molecule has 0 radical (unpaired) electrons. The van der Waals surface area contributed by atoms with E-state index in [1.54, 1.807) is 0 Å². The first-order valence-electron chi connectivity index (χ1n) is 28.3. The molecule has 0 fully saturated rings. The minimum atomic E-state index is 0. The van der Waals surface area contributed by atoms with Crippen LogP contribution in [0.25, 0.3) is 0 Å². The van der Waals surface area contributed by atoms with Gasteiger partial charge in [0.25, 0.3) is 0 Å². The summed E-state index contributed by atoms with van der Waals surface area (Å²) in [5, 5.41) is 0. The molecule has 6 rings (SSSR count). The number of hydrogen-bond acceptors (Lipinski definition) is 2. The SMILES string of the molecule is C[n+]1ccn(CCCCCCCCCCCCn2cc[n+](C)c2)c1.C[n+]1ccn(CCCCCCCCCCCn2cc[n+](C)c2)c1.C[n+]1ccn(CCCCCCCCCCCn2cc[n+](C)c2)c1.O.O.[Mo].[Mo].[Mo].[Mo].[Mo].[Mo].[Mo].[Mo].[Mo].[Mo].[Mo].[Mo].[Mo].[Mo].[Mo].[Mo].[O-2].[O-2].[O-2].[O-2].[O-2].[O-2].[O-2].[O-2].[O-2].[O-2].[O-2].[O-2].[O-2].[O-2].[O-2].[O-2].[O-2].[O-2].[O-2].[O-2].[O-2].[O-2].[O-2].[O-2].[O-2].[O-2].[O-2].[O-2].[O-2].[O-2].[O-2].[O-2].[O-2].[O-2].[O-2].[O-2].[O-2].[O-2].[O-2].[O-2].[O-2].[O-2].[O-2].[O-2].[O-2].[O-2].[O-2].[O-2].[O-2].[O-2].[OH-].[OH-]. The molecule has 0 aromatic carbocycles. The summed E-state index contributed by atoms with van der Waals surface area (Å²) >= 11 is 0. The van der Waals surface area contributed by atoms with Gasteiger partial charge in [0.2, 0.25) is 38.0 Å². The number of hydrogen-bond donors (Lipinski definition) is 0. The van der Waals surface area contributed by atoms with Crippen LogP contribution in [0.2, 0.25) is 0 Å². The van der Waals surface area contributed by atoms with Gasteiger partial charge in [-0.3, -0.25) is 0 Å². The first-order valence-corrected chi connectivity index (χ1v) is 28.3. The van der Waals surface area contributed by atoms with Crippen molar-refractivity contribution in [3.8, 4) is 0 Å². The fourth-order valence-electron chi connectivity index (χ4n) is 9.46. The van der Waals surface area contributed by atoms with Gasteiger partial charge in [-0.05, 0) is 77.0 Å². The van der Waals surface area contributed by atoms with E-state index in [0.717, 1.165) is 26.2 Å². The number of rotatable bonds is 37. The fraction of sp³-hybridized carbons (Fsp3) is 0.690. The minimum Gasteiger partial charge on any atom is -2.00 e. The molecular weight excluding hydrogens is 3260 g/mol. The average Bonchev–Trinajstić information content (AvgIpc) is 1.86. The maximum atomic E-state index is 2.29. The molecule has 6 aromatic heterocycles. The van der Waals surface area contributed by atoms with Gasteiger partial charge in [0.1, 0.15) is 74.4 Å². The molecule has 0 atom stereocenters. The van der Waals surface area contributed by atoms with Gasteiger partial charge in [0, 0.05) is 337 Å². The number of imidazole rings is 6. The van der Waals surface area contributed by atoms with Crippen molar-refractivity contribution in [3.05, 3.63) is 112 Å². The molecule has 0 spiro atoms. The molecule has 0 aliphatic rings. The number of aryl methyl sites for hydroxylation is 12. The Morgan fingerprint density at radius 2 is 0.179 bits per heavy atom. The van der Waals surface area contributed by atoms with Crippen LogP contribution >= 0.6 is 0 Å². The Labute approximate surface area is 1050 Å². The molecule has 0 saturated carbocycles. The van der Waals surface area contributed by atoms with E-state index < -0.39 is 0 Å². The Kier molecular flexibility index (Phi) is 1210. The Balaban J connectivity index is -0.00000000703. The van der Waals surface area contributed by atoms with Gasteiger partial charge < -0.3 is 296 Å². The van der Waals surface area contributed by atoms with Gasteiger partial charge >= 0.3 is 0 Å². The zero-order valence-corrected chi connectivity index (χ0v) is 107. The number of unbranched alkanes of at least 4 members (excludes halogenated alkanes) is 25.